The maximum Gasteiger partial charge on any atom is 0.126 e. The van der Waals surface area contributed by atoms with Gasteiger partial charge in [0.25, 0.3) is 0 Å². The van der Waals surface area contributed by atoms with Gasteiger partial charge in [-0.15, -0.1) is 0 Å². The smallest absolute Gasteiger partial charge is 0.126 e. The largest absolute Gasteiger partial charge is 0.398 e. The van der Waals surface area contributed by atoms with Crippen LogP contribution in [0.3, 0.4) is 0 Å². The lowest BCUT2D eigenvalue weighted by molar-refractivity contribution is 0.0398. The lowest BCUT2D eigenvalue weighted by atomic mass is 10.0. The van der Waals surface area contributed by atoms with E-state index in [1.807, 2.05) is 36.4 Å². The SMILES string of the molecule is N=C(c1ccnc(NCCN2CCOCC2)c1)c1ccccc1N. The summed E-state index contributed by atoms with van der Waals surface area (Å²) >= 11 is 0. The van der Waals surface area contributed by atoms with Crippen molar-refractivity contribution in [3.8, 4) is 0 Å². The van der Waals surface area contributed by atoms with E-state index in [1.54, 1.807) is 6.20 Å². The molecule has 3 rings (SSSR count). The average Bonchev–Trinajstić information content (AvgIpc) is 2.63. The highest BCUT2D eigenvalue weighted by Gasteiger charge is 2.11. The van der Waals surface area contributed by atoms with Gasteiger partial charge in [-0.05, 0) is 18.2 Å². The van der Waals surface area contributed by atoms with Crippen LogP contribution in [0.5, 0.6) is 0 Å². The van der Waals surface area contributed by atoms with E-state index in [9.17, 15) is 0 Å². The van der Waals surface area contributed by atoms with E-state index in [0.717, 1.165) is 56.3 Å². The fourth-order valence-corrected chi connectivity index (χ4v) is 2.73. The zero-order valence-electron chi connectivity index (χ0n) is 13.7. The van der Waals surface area contributed by atoms with Crippen molar-refractivity contribution in [2.24, 2.45) is 0 Å². The number of benzene rings is 1. The number of morpholine rings is 1. The van der Waals surface area contributed by atoms with Crippen LogP contribution in [-0.2, 0) is 4.74 Å². The van der Waals surface area contributed by atoms with Crippen LogP contribution in [-0.4, -0.2) is 55.0 Å². The molecule has 0 atom stereocenters. The molecule has 0 aliphatic carbocycles. The molecular formula is C18H23N5O. The van der Waals surface area contributed by atoms with Crippen LogP contribution in [0.4, 0.5) is 11.5 Å². The molecule has 1 fully saturated rings. The first-order chi connectivity index (χ1) is 11.7. The summed E-state index contributed by atoms with van der Waals surface area (Å²) in [6.45, 7) is 5.35. The number of hydrogen-bond donors (Lipinski definition) is 3. The molecule has 126 valence electrons. The monoisotopic (exact) mass is 325 g/mol. The summed E-state index contributed by atoms with van der Waals surface area (Å²) in [5.74, 6) is 0.778. The van der Waals surface area contributed by atoms with Crippen LogP contribution in [0.15, 0.2) is 42.6 Å². The highest BCUT2D eigenvalue weighted by atomic mass is 16.5. The van der Waals surface area contributed by atoms with Crippen molar-refractivity contribution in [1.82, 2.24) is 9.88 Å². The number of nitrogen functional groups attached to an aromatic ring is 1. The van der Waals surface area contributed by atoms with Crippen LogP contribution in [0.1, 0.15) is 11.1 Å². The maximum absolute atomic E-state index is 8.39. The third-order valence-corrected chi connectivity index (χ3v) is 4.12. The van der Waals surface area contributed by atoms with Crippen molar-refractivity contribution in [3.63, 3.8) is 0 Å². The summed E-state index contributed by atoms with van der Waals surface area (Å²) in [6, 6.07) is 11.2. The number of nitrogens with zero attached hydrogens (tertiary/aromatic N) is 2. The van der Waals surface area contributed by atoms with Gasteiger partial charge in [0.15, 0.2) is 0 Å². The van der Waals surface area contributed by atoms with Gasteiger partial charge in [0.2, 0.25) is 0 Å². The van der Waals surface area contributed by atoms with Gasteiger partial charge in [-0.1, -0.05) is 18.2 Å². The van der Waals surface area contributed by atoms with E-state index in [1.165, 1.54) is 0 Å². The average molecular weight is 325 g/mol. The van der Waals surface area contributed by atoms with Gasteiger partial charge in [-0.2, -0.15) is 0 Å². The van der Waals surface area contributed by atoms with Crippen molar-refractivity contribution in [2.75, 3.05) is 50.4 Å². The predicted molar refractivity (Wildman–Crippen MR) is 96.8 cm³/mol. The zero-order valence-corrected chi connectivity index (χ0v) is 13.7. The van der Waals surface area contributed by atoms with E-state index in [-0.39, 0.29) is 0 Å². The van der Waals surface area contributed by atoms with Gasteiger partial charge in [0, 0.05) is 49.2 Å². The van der Waals surface area contributed by atoms with E-state index >= 15 is 0 Å². The molecule has 0 amide bonds. The molecule has 0 saturated carbocycles. The van der Waals surface area contributed by atoms with Gasteiger partial charge in [-0.3, -0.25) is 10.3 Å². The molecule has 1 aliphatic rings. The van der Waals surface area contributed by atoms with Crippen LogP contribution in [0, 0.1) is 5.41 Å². The molecule has 0 bridgehead atoms. The summed E-state index contributed by atoms with van der Waals surface area (Å²) in [5, 5.41) is 11.7. The van der Waals surface area contributed by atoms with E-state index in [4.69, 9.17) is 15.9 Å². The summed E-state index contributed by atoms with van der Waals surface area (Å²) in [7, 11) is 0. The summed E-state index contributed by atoms with van der Waals surface area (Å²) in [5.41, 5.74) is 8.53. The maximum atomic E-state index is 8.39. The number of pyridine rings is 1. The highest BCUT2D eigenvalue weighted by molar-refractivity contribution is 6.13. The summed E-state index contributed by atoms with van der Waals surface area (Å²) in [4.78, 5) is 6.71. The highest BCUT2D eigenvalue weighted by Crippen LogP contribution is 2.17. The normalized spacial score (nSPS) is 15.2. The molecule has 6 nitrogen and oxygen atoms in total. The van der Waals surface area contributed by atoms with Crippen LogP contribution >= 0.6 is 0 Å². The Hall–Kier alpha value is -2.44. The lowest BCUT2D eigenvalue weighted by Gasteiger charge is -2.26. The minimum absolute atomic E-state index is 0.409. The van der Waals surface area contributed by atoms with Crippen molar-refractivity contribution in [1.29, 1.82) is 5.41 Å². The Labute approximate surface area is 142 Å². The molecule has 1 aliphatic heterocycles. The Morgan fingerprint density at radius 3 is 2.83 bits per heavy atom. The van der Waals surface area contributed by atoms with Crippen LogP contribution in [0.25, 0.3) is 0 Å². The molecule has 0 spiro atoms. The molecule has 1 saturated heterocycles. The third kappa shape index (κ3) is 4.10. The Morgan fingerprint density at radius 2 is 2.04 bits per heavy atom. The fourth-order valence-electron chi connectivity index (χ4n) is 2.73. The number of hydrogen-bond acceptors (Lipinski definition) is 6. The van der Waals surface area contributed by atoms with Gasteiger partial charge in [0.05, 0.1) is 18.9 Å². The Morgan fingerprint density at radius 1 is 1.25 bits per heavy atom. The van der Waals surface area contributed by atoms with Gasteiger partial charge in [0.1, 0.15) is 5.82 Å². The molecule has 0 unspecified atom stereocenters. The van der Waals surface area contributed by atoms with Crippen molar-refractivity contribution >= 4 is 17.2 Å². The first kappa shape index (κ1) is 16.4. The molecule has 24 heavy (non-hydrogen) atoms. The molecule has 0 radical (unpaired) electrons. The first-order valence-electron chi connectivity index (χ1n) is 8.18. The van der Waals surface area contributed by atoms with Crippen molar-refractivity contribution in [3.05, 3.63) is 53.7 Å². The molecule has 1 aromatic heterocycles. The van der Waals surface area contributed by atoms with Gasteiger partial charge < -0.3 is 15.8 Å². The van der Waals surface area contributed by atoms with E-state index in [2.05, 4.69) is 15.2 Å². The lowest BCUT2D eigenvalue weighted by Crippen LogP contribution is -2.39. The minimum Gasteiger partial charge on any atom is -0.398 e. The Balaban J connectivity index is 1.61. The Kier molecular flexibility index (Phi) is 5.40. The van der Waals surface area contributed by atoms with Gasteiger partial charge >= 0.3 is 0 Å². The fraction of sp³-hybridized carbons (Fsp3) is 0.333. The minimum atomic E-state index is 0.409. The second-order valence-electron chi connectivity index (χ2n) is 5.77. The van der Waals surface area contributed by atoms with Crippen LogP contribution < -0.4 is 11.1 Å². The topological polar surface area (TPSA) is 87.3 Å². The quantitative estimate of drug-likeness (QED) is 0.557. The number of anilines is 2. The molecule has 4 N–H and O–H groups in total. The van der Waals surface area contributed by atoms with Crippen molar-refractivity contribution in [2.45, 2.75) is 0 Å². The van der Waals surface area contributed by atoms with E-state index < -0.39 is 0 Å². The first-order valence-corrected chi connectivity index (χ1v) is 8.18. The number of aromatic nitrogens is 1. The third-order valence-electron chi connectivity index (χ3n) is 4.12. The number of nitrogens with one attached hydrogen (secondary N) is 2. The Bertz CT molecular complexity index is 697. The summed E-state index contributed by atoms with van der Waals surface area (Å²) < 4.78 is 5.35. The van der Waals surface area contributed by atoms with Crippen molar-refractivity contribution < 1.29 is 4.74 Å². The predicted octanol–water partition coefficient (Wildman–Crippen LogP) is 1.82. The summed E-state index contributed by atoms with van der Waals surface area (Å²) in [6.07, 6.45) is 1.72. The zero-order chi connectivity index (χ0) is 16.8. The number of rotatable bonds is 6. The van der Waals surface area contributed by atoms with E-state index in [0.29, 0.717) is 11.4 Å². The van der Waals surface area contributed by atoms with Gasteiger partial charge in [-0.25, -0.2) is 4.98 Å². The number of para-hydroxylation sites is 1. The van der Waals surface area contributed by atoms with Crippen LogP contribution in [0.2, 0.25) is 0 Å². The molecule has 6 heteroatoms. The molecule has 2 heterocycles. The number of ether oxygens (including phenoxy) is 1. The number of nitrogens with two attached hydrogens (primary N) is 1. The molecule has 1 aromatic carbocycles. The second-order valence-corrected chi connectivity index (χ2v) is 5.77. The standard InChI is InChI=1S/C18H23N5O/c19-16-4-2-1-3-15(16)18(20)14-5-6-21-17(13-14)22-7-8-23-9-11-24-12-10-23/h1-6,13,20H,7-12,19H2,(H,21,22). The molecular weight excluding hydrogens is 302 g/mol. The second kappa shape index (κ2) is 7.90. The molecule has 2 aromatic rings.